The van der Waals surface area contributed by atoms with Gasteiger partial charge in [-0.3, -0.25) is 0 Å². The summed E-state index contributed by atoms with van der Waals surface area (Å²) in [5.74, 6) is -0.487. The lowest BCUT2D eigenvalue weighted by molar-refractivity contribution is 0.0614. The van der Waals surface area contributed by atoms with Crippen molar-refractivity contribution >= 4 is 38.4 Å². The van der Waals surface area contributed by atoms with Gasteiger partial charge in [0.25, 0.3) is 0 Å². The molecular weight excluding hydrogens is 274 g/mol. The number of hydrogen-bond acceptors (Lipinski definition) is 4. The van der Waals surface area contributed by atoms with Gasteiger partial charge in [0.2, 0.25) is 6.43 Å². The third-order valence-corrected chi connectivity index (χ3v) is 4.93. The second-order valence-corrected chi connectivity index (χ2v) is 6.22. The van der Waals surface area contributed by atoms with E-state index in [0.717, 1.165) is 15.3 Å². The summed E-state index contributed by atoms with van der Waals surface area (Å²) in [5.41, 5.74) is 0.952. The molecule has 3 rings (SSSR count). The molecule has 1 aromatic heterocycles. The summed E-state index contributed by atoms with van der Waals surface area (Å²) in [7, 11) is 0. The molecule has 1 fully saturated rings. The van der Waals surface area contributed by atoms with Gasteiger partial charge in [0.1, 0.15) is 0 Å². The maximum Gasteiger partial charge on any atom is 0.244 e. The molecule has 96 valence electrons. The molecule has 0 spiro atoms. The molecule has 0 bridgehead atoms. The van der Waals surface area contributed by atoms with Gasteiger partial charge < -0.3 is 4.90 Å². The molecule has 0 N–H and O–H groups in total. The molecule has 0 aliphatic carbocycles. The van der Waals surface area contributed by atoms with E-state index < -0.39 is 12.3 Å². The van der Waals surface area contributed by atoms with Crippen LogP contribution in [0.5, 0.6) is 0 Å². The topological polar surface area (TPSA) is 16.1 Å². The summed E-state index contributed by atoms with van der Waals surface area (Å²) in [5, 5.41) is 0.861. The van der Waals surface area contributed by atoms with Crippen LogP contribution in [-0.4, -0.2) is 30.8 Å². The third kappa shape index (κ3) is 2.07. The minimum absolute atomic E-state index is 0.423. The molecule has 0 amide bonds. The van der Waals surface area contributed by atoms with Crippen LogP contribution in [-0.2, 0) is 0 Å². The average Bonchev–Trinajstić information content (AvgIpc) is 2.68. The van der Waals surface area contributed by atoms with Crippen LogP contribution in [0.4, 0.5) is 13.9 Å². The van der Waals surface area contributed by atoms with Crippen molar-refractivity contribution in [1.29, 1.82) is 0 Å². The van der Waals surface area contributed by atoms with Gasteiger partial charge in [-0.15, -0.1) is 11.8 Å². The van der Waals surface area contributed by atoms with Crippen LogP contribution < -0.4 is 4.90 Å². The van der Waals surface area contributed by atoms with Crippen LogP contribution in [0.1, 0.15) is 0 Å². The number of alkyl halides is 2. The fraction of sp³-hybridized carbons (Fsp3) is 0.417. The van der Waals surface area contributed by atoms with E-state index in [1.165, 1.54) is 4.90 Å². The van der Waals surface area contributed by atoms with Gasteiger partial charge >= 0.3 is 0 Å². The lowest BCUT2D eigenvalue weighted by Crippen LogP contribution is -2.50. The molecule has 0 atom stereocenters. The molecule has 2 nitrogen and oxygen atoms in total. The number of halogens is 2. The molecule has 18 heavy (non-hydrogen) atoms. The number of aromatic nitrogens is 1. The summed E-state index contributed by atoms with van der Waals surface area (Å²) >= 11 is 3.27. The number of thioether (sulfide) groups is 1. The predicted octanol–water partition coefficient (Wildman–Crippen LogP) is 3.72. The van der Waals surface area contributed by atoms with Crippen molar-refractivity contribution in [2.45, 2.75) is 11.3 Å². The van der Waals surface area contributed by atoms with E-state index in [-0.39, 0.29) is 0 Å². The Morgan fingerprint density at radius 3 is 2.89 bits per heavy atom. The highest BCUT2D eigenvalue weighted by Gasteiger charge is 2.35. The average molecular weight is 286 g/mol. The number of nitrogens with zero attached hydrogens (tertiary/aromatic N) is 2. The Balaban J connectivity index is 1.82. The SMILES string of the molecule is CSc1ccc2nc(N3CC(C(F)F)C3)sc2c1. The summed E-state index contributed by atoms with van der Waals surface area (Å²) in [6.07, 6.45) is -0.176. The van der Waals surface area contributed by atoms with Crippen molar-refractivity contribution in [3.8, 4) is 0 Å². The Kier molecular flexibility index (Phi) is 3.15. The van der Waals surface area contributed by atoms with Crippen LogP contribution in [0.15, 0.2) is 23.1 Å². The highest BCUT2D eigenvalue weighted by atomic mass is 32.2. The first-order chi connectivity index (χ1) is 8.67. The zero-order valence-corrected chi connectivity index (χ0v) is 11.4. The molecule has 0 saturated carbocycles. The Morgan fingerprint density at radius 1 is 1.44 bits per heavy atom. The molecule has 1 aliphatic heterocycles. The zero-order chi connectivity index (χ0) is 12.7. The molecular formula is C12H12F2N2S2. The highest BCUT2D eigenvalue weighted by molar-refractivity contribution is 7.98. The number of fused-ring (bicyclic) bond motifs is 1. The van der Waals surface area contributed by atoms with Crippen molar-refractivity contribution < 1.29 is 8.78 Å². The number of rotatable bonds is 3. The van der Waals surface area contributed by atoms with E-state index in [2.05, 4.69) is 11.1 Å². The monoisotopic (exact) mass is 286 g/mol. The fourth-order valence-electron chi connectivity index (χ4n) is 1.98. The summed E-state index contributed by atoms with van der Waals surface area (Å²) < 4.78 is 26.0. The van der Waals surface area contributed by atoms with E-state index in [0.29, 0.717) is 13.1 Å². The largest absolute Gasteiger partial charge is 0.347 e. The molecule has 1 aromatic carbocycles. The Hall–Kier alpha value is -0.880. The van der Waals surface area contributed by atoms with Crippen LogP contribution in [0.3, 0.4) is 0 Å². The van der Waals surface area contributed by atoms with Crippen molar-refractivity contribution in [3.05, 3.63) is 18.2 Å². The van der Waals surface area contributed by atoms with E-state index in [1.54, 1.807) is 23.1 Å². The second kappa shape index (κ2) is 4.66. The summed E-state index contributed by atoms with van der Waals surface area (Å²) in [6, 6.07) is 6.13. The van der Waals surface area contributed by atoms with Crippen molar-refractivity contribution in [2.24, 2.45) is 5.92 Å². The first kappa shape index (κ1) is 12.2. The van der Waals surface area contributed by atoms with Crippen LogP contribution in [0, 0.1) is 5.92 Å². The molecule has 1 aliphatic rings. The van der Waals surface area contributed by atoms with E-state index >= 15 is 0 Å². The van der Waals surface area contributed by atoms with E-state index in [9.17, 15) is 8.78 Å². The van der Waals surface area contributed by atoms with Gasteiger partial charge in [-0.05, 0) is 24.5 Å². The van der Waals surface area contributed by atoms with Gasteiger partial charge in [-0.1, -0.05) is 11.3 Å². The maximum absolute atomic E-state index is 12.4. The summed E-state index contributed by atoms with van der Waals surface area (Å²) in [4.78, 5) is 7.63. The minimum atomic E-state index is -2.21. The lowest BCUT2D eigenvalue weighted by Gasteiger charge is -2.38. The predicted molar refractivity (Wildman–Crippen MR) is 73.1 cm³/mol. The van der Waals surface area contributed by atoms with Gasteiger partial charge in [-0.25, -0.2) is 13.8 Å². The highest BCUT2D eigenvalue weighted by Crippen LogP contribution is 2.35. The minimum Gasteiger partial charge on any atom is -0.347 e. The standard InChI is InChI=1S/C12H12F2N2S2/c1-17-8-2-3-9-10(4-8)18-12(15-9)16-5-7(6-16)11(13)14/h2-4,7,11H,5-6H2,1H3. The Labute approximate surface area is 112 Å². The van der Waals surface area contributed by atoms with Gasteiger partial charge in [-0.2, -0.15) is 0 Å². The van der Waals surface area contributed by atoms with E-state index in [4.69, 9.17) is 0 Å². The quantitative estimate of drug-likeness (QED) is 0.800. The molecule has 2 aromatic rings. The first-order valence-electron chi connectivity index (χ1n) is 5.65. The van der Waals surface area contributed by atoms with E-state index in [1.807, 2.05) is 23.3 Å². The normalized spacial score (nSPS) is 16.6. The van der Waals surface area contributed by atoms with Crippen LogP contribution in [0.25, 0.3) is 10.2 Å². The number of benzene rings is 1. The number of thiazole rings is 1. The Morgan fingerprint density at radius 2 is 2.22 bits per heavy atom. The van der Waals surface area contributed by atoms with Gasteiger partial charge in [0, 0.05) is 18.0 Å². The summed E-state index contributed by atoms with van der Waals surface area (Å²) in [6.45, 7) is 0.847. The molecule has 1 saturated heterocycles. The van der Waals surface area contributed by atoms with Crippen molar-refractivity contribution in [1.82, 2.24) is 4.98 Å². The zero-order valence-electron chi connectivity index (χ0n) is 9.77. The van der Waals surface area contributed by atoms with Gasteiger partial charge in [0.15, 0.2) is 5.13 Å². The van der Waals surface area contributed by atoms with Crippen LogP contribution in [0.2, 0.25) is 0 Å². The second-order valence-electron chi connectivity index (χ2n) is 4.33. The molecule has 0 radical (unpaired) electrons. The van der Waals surface area contributed by atoms with Crippen LogP contribution >= 0.6 is 23.1 Å². The first-order valence-corrected chi connectivity index (χ1v) is 7.69. The lowest BCUT2D eigenvalue weighted by atomic mass is 10.0. The smallest absolute Gasteiger partial charge is 0.244 e. The van der Waals surface area contributed by atoms with Gasteiger partial charge in [0.05, 0.1) is 16.1 Å². The molecule has 0 unspecified atom stereocenters. The maximum atomic E-state index is 12.4. The molecule has 6 heteroatoms. The fourth-order valence-corrected chi connectivity index (χ4v) is 3.52. The van der Waals surface area contributed by atoms with Crippen molar-refractivity contribution in [3.63, 3.8) is 0 Å². The third-order valence-electron chi connectivity index (χ3n) is 3.12. The molecule has 2 heterocycles. The van der Waals surface area contributed by atoms with Crippen molar-refractivity contribution in [2.75, 3.05) is 24.2 Å². The Bertz CT molecular complexity index is 564. The number of hydrogen-bond donors (Lipinski definition) is 0. The number of anilines is 1.